The molecular weight excluding hydrogens is 621 g/mol. The van der Waals surface area contributed by atoms with Gasteiger partial charge in [-0.25, -0.2) is 8.42 Å². The van der Waals surface area contributed by atoms with Crippen molar-refractivity contribution in [3.05, 3.63) is 87.7 Å². The van der Waals surface area contributed by atoms with Crippen LogP contribution in [0.4, 0.5) is 18.9 Å². The Bertz CT molecular complexity index is 1750. The van der Waals surface area contributed by atoms with E-state index in [-0.39, 0.29) is 39.7 Å². The number of benzene rings is 2. The fraction of sp³-hybridized carbons (Fsp3) is 0.367. The zero-order valence-electron chi connectivity index (χ0n) is 22.7. The van der Waals surface area contributed by atoms with Crippen LogP contribution in [-0.4, -0.2) is 36.9 Å². The summed E-state index contributed by atoms with van der Waals surface area (Å²) in [5, 5.41) is 11.9. The minimum atomic E-state index is -4.59. The van der Waals surface area contributed by atoms with Gasteiger partial charge in [0.15, 0.2) is 0 Å². The van der Waals surface area contributed by atoms with Gasteiger partial charge in [-0.2, -0.15) is 30.2 Å². The lowest BCUT2D eigenvalue weighted by Crippen LogP contribution is -2.50. The van der Waals surface area contributed by atoms with Crippen LogP contribution in [0.3, 0.4) is 0 Å². The number of amides is 1. The Morgan fingerprint density at radius 3 is 2.56 bits per heavy atom. The molecule has 13 heteroatoms. The van der Waals surface area contributed by atoms with Crippen LogP contribution in [0.1, 0.15) is 58.4 Å². The first kappa shape index (κ1) is 29.8. The Morgan fingerprint density at radius 1 is 1.16 bits per heavy atom. The molecule has 1 saturated carbocycles. The molecular formula is C30H26ClF3N4O3S2. The Kier molecular flexibility index (Phi) is 7.63. The van der Waals surface area contributed by atoms with E-state index in [1.807, 2.05) is 17.8 Å². The summed E-state index contributed by atoms with van der Waals surface area (Å²) in [5.74, 6) is 1.41. The molecule has 1 aliphatic carbocycles. The number of nitrogens with zero attached hydrogens (tertiary/aromatic N) is 3. The van der Waals surface area contributed by atoms with Crippen LogP contribution in [0.15, 0.2) is 59.6 Å². The number of fused-ring (bicyclic) bond motifs is 2. The summed E-state index contributed by atoms with van der Waals surface area (Å²) in [4.78, 5) is 17.1. The van der Waals surface area contributed by atoms with Crippen LogP contribution < -0.4 is 9.62 Å². The van der Waals surface area contributed by atoms with Gasteiger partial charge in [-0.15, -0.1) is 0 Å². The molecule has 0 radical (unpaired) electrons. The van der Waals surface area contributed by atoms with Crippen molar-refractivity contribution in [2.45, 2.75) is 54.8 Å². The molecule has 6 rings (SSSR count). The van der Waals surface area contributed by atoms with Gasteiger partial charge in [0.1, 0.15) is 0 Å². The topological polar surface area (TPSA) is 103 Å². The van der Waals surface area contributed by atoms with Crippen LogP contribution in [-0.2, 0) is 28.2 Å². The number of thioether (sulfide) groups is 1. The number of halogens is 4. The second-order valence-corrected chi connectivity index (χ2v) is 14.5. The maximum atomic E-state index is 14.3. The molecule has 0 bridgehead atoms. The number of hydrogen-bond donors (Lipinski definition) is 1. The number of aromatic nitrogens is 1. The molecule has 2 aromatic carbocycles. The number of alkyl halides is 3. The Hall–Kier alpha value is -3.27. The molecule has 3 aliphatic rings. The highest BCUT2D eigenvalue weighted by Gasteiger charge is 2.59. The lowest BCUT2D eigenvalue weighted by Gasteiger charge is -2.41. The molecule has 3 heterocycles. The molecule has 1 N–H and O–H groups in total. The standard InChI is InChI=1S/C30H26ClF3N4O3S2/c31-24-14-21(30(32,33)34)16-36-25(24)17-37-28(39)20-6-7-26-23(13-20)29(8-10-42-11-9-29)27(19-4-5-19)38(26)43(40,41)22-3-1-2-18(12-22)15-35/h1-3,6-7,12-14,16,19,27H,4-5,8-11,17H2,(H,37,39)/t27-/m1/s1. The smallest absolute Gasteiger partial charge is 0.346 e. The molecule has 2 fully saturated rings. The van der Waals surface area contributed by atoms with Crippen LogP contribution in [0, 0.1) is 17.2 Å². The van der Waals surface area contributed by atoms with E-state index in [0.29, 0.717) is 17.4 Å². The van der Waals surface area contributed by atoms with Gasteiger partial charge in [0.05, 0.1) is 51.1 Å². The SMILES string of the molecule is N#Cc1cccc(S(=O)(=O)N2c3ccc(C(=O)NCc4ncc(C(F)(F)F)cc4Cl)cc3C3(CCSCC3)[C@H]2C2CC2)c1. The maximum Gasteiger partial charge on any atom is 0.417 e. The summed E-state index contributed by atoms with van der Waals surface area (Å²) in [5.41, 5.74) is 0.539. The summed E-state index contributed by atoms with van der Waals surface area (Å²) in [6, 6.07) is 13.5. The minimum Gasteiger partial charge on any atom is -0.346 e. The zero-order chi connectivity index (χ0) is 30.6. The van der Waals surface area contributed by atoms with Crippen LogP contribution in [0.2, 0.25) is 5.02 Å². The van der Waals surface area contributed by atoms with Crippen LogP contribution >= 0.6 is 23.4 Å². The number of carbonyl (C=O) groups is 1. The fourth-order valence-corrected chi connectivity index (χ4v) is 9.59. The molecule has 1 spiro atoms. The minimum absolute atomic E-state index is 0.0492. The first-order chi connectivity index (χ1) is 20.5. The number of pyridine rings is 1. The van der Waals surface area contributed by atoms with Crippen molar-refractivity contribution in [3.8, 4) is 6.07 Å². The van der Waals surface area contributed by atoms with E-state index in [2.05, 4.69) is 10.3 Å². The van der Waals surface area contributed by atoms with E-state index in [4.69, 9.17) is 11.6 Å². The van der Waals surface area contributed by atoms with Crippen molar-refractivity contribution in [1.29, 1.82) is 5.26 Å². The number of carbonyl (C=O) groups excluding carboxylic acids is 1. The average Bonchev–Trinajstić information content (AvgIpc) is 3.80. The third kappa shape index (κ3) is 5.36. The summed E-state index contributed by atoms with van der Waals surface area (Å²) in [6.45, 7) is -0.185. The quantitative estimate of drug-likeness (QED) is 0.337. The number of hydrogen-bond acceptors (Lipinski definition) is 6. The molecule has 1 saturated heterocycles. The molecule has 3 aromatic rings. The summed E-state index contributed by atoms with van der Waals surface area (Å²) in [6.07, 6.45) is -0.585. The van der Waals surface area contributed by atoms with Gasteiger partial charge in [0.25, 0.3) is 15.9 Å². The molecule has 7 nitrogen and oxygen atoms in total. The highest BCUT2D eigenvalue weighted by atomic mass is 35.5. The first-order valence-corrected chi connectivity index (χ1v) is 16.7. The molecule has 43 heavy (non-hydrogen) atoms. The molecule has 0 unspecified atom stereocenters. The van der Waals surface area contributed by atoms with Crippen LogP contribution in [0.25, 0.3) is 0 Å². The summed E-state index contributed by atoms with van der Waals surface area (Å²) < 4.78 is 69.0. The predicted molar refractivity (Wildman–Crippen MR) is 157 cm³/mol. The van der Waals surface area contributed by atoms with Gasteiger partial charge >= 0.3 is 6.18 Å². The Labute approximate surface area is 256 Å². The van der Waals surface area contributed by atoms with Gasteiger partial charge in [-0.1, -0.05) is 17.7 Å². The number of nitriles is 1. The molecule has 224 valence electrons. The van der Waals surface area contributed by atoms with Gasteiger partial charge in [0.2, 0.25) is 0 Å². The highest BCUT2D eigenvalue weighted by Crippen LogP contribution is 2.59. The highest BCUT2D eigenvalue weighted by molar-refractivity contribution is 7.99. The van der Waals surface area contributed by atoms with Crippen molar-refractivity contribution < 1.29 is 26.4 Å². The first-order valence-electron chi connectivity index (χ1n) is 13.7. The number of rotatable bonds is 6. The lowest BCUT2D eigenvalue weighted by atomic mass is 9.70. The zero-order valence-corrected chi connectivity index (χ0v) is 25.1. The second-order valence-electron chi connectivity index (χ2n) is 11.1. The molecule has 2 aliphatic heterocycles. The lowest BCUT2D eigenvalue weighted by molar-refractivity contribution is -0.137. The van der Waals surface area contributed by atoms with E-state index in [9.17, 15) is 31.6 Å². The van der Waals surface area contributed by atoms with E-state index in [0.717, 1.165) is 48.8 Å². The fourth-order valence-electron chi connectivity index (χ4n) is 6.29. The van der Waals surface area contributed by atoms with E-state index >= 15 is 0 Å². The van der Waals surface area contributed by atoms with E-state index in [1.54, 1.807) is 34.6 Å². The van der Waals surface area contributed by atoms with Gasteiger partial charge < -0.3 is 5.32 Å². The number of sulfonamides is 1. The van der Waals surface area contributed by atoms with Crippen LogP contribution in [0.5, 0.6) is 0 Å². The van der Waals surface area contributed by atoms with Crippen molar-refractivity contribution >= 4 is 45.0 Å². The van der Waals surface area contributed by atoms with E-state index in [1.165, 1.54) is 12.1 Å². The van der Waals surface area contributed by atoms with Gasteiger partial charge in [-0.05, 0) is 91.1 Å². The Balaban J connectivity index is 1.36. The summed E-state index contributed by atoms with van der Waals surface area (Å²) in [7, 11) is -4.04. The van der Waals surface area contributed by atoms with Crippen molar-refractivity contribution in [2.75, 3.05) is 15.8 Å². The van der Waals surface area contributed by atoms with Crippen molar-refractivity contribution in [1.82, 2.24) is 10.3 Å². The molecule has 1 amide bonds. The van der Waals surface area contributed by atoms with E-state index < -0.39 is 33.1 Å². The number of anilines is 1. The van der Waals surface area contributed by atoms with Gasteiger partial charge in [0, 0.05) is 17.2 Å². The second kappa shape index (κ2) is 11.0. The molecule has 1 atom stereocenters. The van der Waals surface area contributed by atoms with Crippen molar-refractivity contribution in [2.24, 2.45) is 5.92 Å². The maximum absolute atomic E-state index is 14.3. The summed E-state index contributed by atoms with van der Waals surface area (Å²) >= 11 is 7.84. The third-order valence-corrected chi connectivity index (χ3v) is 11.6. The van der Waals surface area contributed by atoms with Gasteiger partial charge in [-0.3, -0.25) is 14.1 Å². The third-order valence-electron chi connectivity index (χ3n) is 8.49. The monoisotopic (exact) mass is 646 g/mol. The predicted octanol–water partition coefficient (Wildman–Crippen LogP) is 6.31. The normalized spacial score (nSPS) is 19.6. The molecule has 1 aromatic heterocycles. The Morgan fingerprint density at radius 2 is 1.91 bits per heavy atom. The van der Waals surface area contributed by atoms with Crippen molar-refractivity contribution in [3.63, 3.8) is 0 Å². The largest absolute Gasteiger partial charge is 0.417 e. The average molecular weight is 647 g/mol. The number of nitrogens with one attached hydrogen (secondary N) is 1.